The molecule has 3 rings (SSSR count). The highest BCUT2D eigenvalue weighted by Crippen LogP contribution is 2.15. The normalized spacial score (nSPS) is 12.3. The van der Waals surface area contributed by atoms with Gasteiger partial charge in [-0.3, -0.25) is 5.43 Å². The summed E-state index contributed by atoms with van der Waals surface area (Å²) in [5.41, 5.74) is 5.30. The molecule has 2 nitrogen and oxygen atoms in total. The second-order valence-corrected chi connectivity index (χ2v) is 3.51. The number of hydrogen-bond acceptors (Lipinski definition) is 2. The second kappa shape index (κ2) is 3.24. The van der Waals surface area contributed by atoms with E-state index in [0.717, 1.165) is 16.3 Å². The molecule has 0 saturated carbocycles. The van der Waals surface area contributed by atoms with Gasteiger partial charge in [-0.05, 0) is 18.2 Å². The van der Waals surface area contributed by atoms with E-state index in [1.54, 1.807) is 0 Å². The summed E-state index contributed by atoms with van der Waals surface area (Å²) in [7, 11) is 0. The minimum absolute atomic E-state index is 0.980. The first-order valence-electron chi connectivity index (χ1n) is 4.93. The molecule has 0 atom stereocenters. The van der Waals surface area contributed by atoms with Crippen molar-refractivity contribution < 1.29 is 0 Å². The number of rotatable bonds is 0. The van der Waals surface area contributed by atoms with E-state index in [-0.39, 0.29) is 0 Å². The molecule has 2 aromatic rings. The molecule has 2 aromatic carbocycles. The van der Waals surface area contributed by atoms with Gasteiger partial charge < -0.3 is 0 Å². The van der Waals surface area contributed by atoms with E-state index < -0.39 is 0 Å². The molecule has 0 bridgehead atoms. The quantitative estimate of drug-likeness (QED) is 0.675. The molecule has 1 heterocycles. The van der Waals surface area contributed by atoms with Crippen molar-refractivity contribution >= 4 is 11.8 Å². The molecule has 2 heteroatoms. The van der Waals surface area contributed by atoms with Gasteiger partial charge in [0.2, 0.25) is 0 Å². The minimum atomic E-state index is 0.980. The molecule has 0 unspecified atom stereocenters. The zero-order valence-electron chi connectivity index (χ0n) is 8.14. The lowest BCUT2D eigenvalue weighted by Crippen LogP contribution is -2.24. The van der Waals surface area contributed by atoms with Gasteiger partial charge in [-0.1, -0.05) is 36.4 Å². The number of anilines is 1. The van der Waals surface area contributed by atoms with Gasteiger partial charge in [-0.2, -0.15) is 5.10 Å². The van der Waals surface area contributed by atoms with Crippen LogP contribution in [0.1, 0.15) is 5.56 Å². The van der Waals surface area contributed by atoms with Crippen molar-refractivity contribution in [2.45, 2.75) is 0 Å². The molecule has 0 saturated heterocycles. The van der Waals surface area contributed by atoms with Crippen LogP contribution in [0.15, 0.2) is 53.6 Å². The van der Waals surface area contributed by atoms with Crippen LogP contribution in [0.2, 0.25) is 0 Å². The Balaban J connectivity index is 2.36. The number of fused-ring (bicyclic) bond motifs is 2. The molecule has 1 aliphatic heterocycles. The fourth-order valence-corrected chi connectivity index (χ4v) is 1.72. The monoisotopic (exact) mass is 194 g/mol. The molecule has 0 amide bonds. The van der Waals surface area contributed by atoms with E-state index in [0.29, 0.717) is 0 Å². The molecule has 0 aliphatic carbocycles. The Labute approximate surface area is 87.6 Å². The topological polar surface area (TPSA) is 24.4 Å². The van der Waals surface area contributed by atoms with E-state index in [9.17, 15) is 0 Å². The van der Waals surface area contributed by atoms with Crippen LogP contribution in [0.5, 0.6) is 0 Å². The Hall–Kier alpha value is -2.09. The van der Waals surface area contributed by atoms with Crippen LogP contribution in [0.4, 0.5) is 5.69 Å². The van der Waals surface area contributed by atoms with Crippen molar-refractivity contribution in [1.82, 2.24) is 0 Å². The Morgan fingerprint density at radius 2 is 1.67 bits per heavy atom. The van der Waals surface area contributed by atoms with Crippen LogP contribution >= 0.6 is 0 Å². The molecule has 15 heavy (non-hydrogen) atoms. The molecular weight excluding hydrogens is 184 g/mol. The van der Waals surface area contributed by atoms with Gasteiger partial charge in [0.05, 0.1) is 11.0 Å². The summed E-state index contributed by atoms with van der Waals surface area (Å²) < 4.78 is 0. The summed E-state index contributed by atoms with van der Waals surface area (Å²) in [4.78, 5) is 0. The fourth-order valence-electron chi connectivity index (χ4n) is 1.72. The summed E-state index contributed by atoms with van der Waals surface area (Å²) >= 11 is 0. The summed E-state index contributed by atoms with van der Waals surface area (Å²) in [5, 5.41) is 6.48. The lowest BCUT2D eigenvalue weighted by Gasteiger charge is -2.01. The molecule has 0 spiro atoms. The molecule has 0 radical (unpaired) electrons. The van der Waals surface area contributed by atoms with Crippen molar-refractivity contribution in [2.75, 3.05) is 5.43 Å². The highest BCUT2D eigenvalue weighted by atomic mass is 15.3. The average molecular weight is 194 g/mol. The Morgan fingerprint density at radius 1 is 0.867 bits per heavy atom. The maximum atomic E-state index is 4.35. The van der Waals surface area contributed by atoms with Crippen LogP contribution in [0.3, 0.4) is 0 Å². The number of hydrogen-bond donors (Lipinski definition) is 1. The van der Waals surface area contributed by atoms with Gasteiger partial charge in [0, 0.05) is 10.8 Å². The first kappa shape index (κ1) is 8.24. The van der Waals surface area contributed by atoms with Gasteiger partial charge in [0.1, 0.15) is 0 Å². The van der Waals surface area contributed by atoms with Crippen LogP contribution < -0.4 is 16.0 Å². The third-order valence-corrected chi connectivity index (χ3v) is 2.51. The van der Waals surface area contributed by atoms with E-state index >= 15 is 0 Å². The highest BCUT2D eigenvalue weighted by Gasteiger charge is 2.00. The van der Waals surface area contributed by atoms with E-state index in [1.165, 1.54) is 5.56 Å². The number of nitrogens with zero attached hydrogens (tertiary/aromatic N) is 1. The van der Waals surface area contributed by atoms with Crippen molar-refractivity contribution in [3.63, 3.8) is 0 Å². The van der Waals surface area contributed by atoms with Gasteiger partial charge >= 0.3 is 0 Å². The molecule has 72 valence electrons. The van der Waals surface area contributed by atoms with Crippen LogP contribution in [0, 0.1) is 0 Å². The third kappa shape index (κ3) is 1.40. The number of nitrogens with one attached hydrogen (secondary N) is 1. The van der Waals surface area contributed by atoms with Crippen molar-refractivity contribution in [3.05, 3.63) is 64.7 Å². The van der Waals surface area contributed by atoms with Crippen molar-refractivity contribution in [3.8, 4) is 0 Å². The van der Waals surface area contributed by atoms with Crippen LogP contribution in [-0.4, -0.2) is 0 Å². The zero-order chi connectivity index (χ0) is 10.1. The third-order valence-electron chi connectivity index (χ3n) is 2.51. The Bertz CT molecular complexity index is 614. The predicted molar refractivity (Wildman–Crippen MR) is 60.9 cm³/mol. The van der Waals surface area contributed by atoms with Crippen molar-refractivity contribution in [1.29, 1.82) is 0 Å². The van der Waals surface area contributed by atoms with E-state index in [2.05, 4.69) is 28.7 Å². The first-order chi connectivity index (χ1) is 7.43. The van der Waals surface area contributed by atoms with E-state index in [4.69, 9.17) is 0 Å². The lowest BCUT2D eigenvalue weighted by molar-refractivity contribution is 1.21. The minimum Gasteiger partial charge on any atom is -0.277 e. The molecule has 0 aromatic heterocycles. The van der Waals surface area contributed by atoms with Gasteiger partial charge in [-0.25, -0.2) is 0 Å². The summed E-state index contributed by atoms with van der Waals surface area (Å²) in [5.74, 6) is 0. The van der Waals surface area contributed by atoms with Crippen LogP contribution in [0.25, 0.3) is 6.08 Å². The summed E-state index contributed by atoms with van der Waals surface area (Å²) in [6.45, 7) is 0. The molecule has 1 N–H and O–H groups in total. The van der Waals surface area contributed by atoms with Gasteiger partial charge in [-0.15, -0.1) is 0 Å². The van der Waals surface area contributed by atoms with E-state index in [1.807, 2.05) is 36.4 Å². The smallest absolute Gasteiger partial charge is 0.0905 e. The number of benzene rings is 2. The largest absolute Gasteiger partial charge is 0.277 e. The molecular formula is C13H10N2. The maximum absolute atomic E-state index is 4.35. The van der Waals surface area contributed by atoms with Gasteiger partial charge in [0.15, 0.2) is 0 Å². The predicted octanol–water partition coefficient (Wildman–Crippen LogP) is 1.48. The van der Waals surface area contributed by atoms with Gasteiger partial charge in [0.25, 0.3) is 0 Å². The first-order valence-corrected chi connectivity index (χ1v) is 4.93. The highest BCUT2D eigenvalue weighted by molar-refractivity contribution is 5.66. The average Bonchev–Trinajstić information content (AvgIpc) is 2.48. The standard InChI is InChI=1S/C13H10N2/c1-3-7-12-10(5-1)9-11-6-2-4-8-13(11)15-14-12/h1-9,14H. The summed E-state index contributed by atoms with van der Waals surface area (Å²) in [6.07, 6.45) is 2.15. The SMILES string of the molecule is C1=c2ccccc2=NNc2ccccc21. The molecule has 0 fully saturated rings. The second-order valence-electron chi connectivity index (χ2n) is 3.51. The molecule has 1 aliphatic rings. The maximum Gasteiger partial charge on any atom is 0.0905 e. The Kier molecular flexibility index (Phi) is 1.78. The lowest BCUT2D eigenvalue weighted by atomic mass is 10.1. The Morgan fingerprint density at radius 3 is 2.67 bits per heavy atom. The zero-order valence-corrected chi connectivity index (χ0v) is 8.14. The van der Waals surface area contributed by atoms with Crippen LogP contribution in [-0.2, 0) is 0 Å². The van der Waals surface area contributed by atoms with Crippen molar-refractivity contribution in [2.24, 2.45) is 5.10 Å². The number of para-hydroxylation sites is 2. The fraction of sp³-hybridized carbons (Fsp3) is 0. The summed E-state index contributed by atoms with van der Waals surface area (Å²) in [6, 6.07) is 16.2.